The lowest BCUT2D eigenvalue weighted by Gasteiger charge is -2.42. The highest BCUT2D eigenvalue weighted by atomic mass is 16.5. The van der Waals surface area contributed by atoms with Crippen LogP contribution >= 0.6 is 0 Å². The zero-order chi connectivity index (χ0) is 19.8. The molecule has 0 saturated carbocycles. The molecule has 0 aliphatic carbocycles. The van der Waals surface area contributed by atoms with E-state index < -0.39 is 49.0 Å². The molecule has 27 heavy (non-hydrogen) atoms. The van der Waals surface area contributed by atoms with Crippen LogP contribution in [0, 0.1) is 0 Å². The quantitative estimate of drug-likeness (QED) is 0.283. The van der Waals surface area contributed by atoms with Crippen molar-refractivity contribution in [2.45, 2.75) is 43.9 Å². The van der Waals surface area contributed by atoms with Crippen LogP contribution in [0.4, 0.5) is 0 Å². The molecule has 1 aliphatic heterocycles. The van der Waals surface area contributed by atoms with Gasteiger partial charge in [-0.25, -0.2) is 0 Å². The maximum Gasteiger partial charge on any atom is 0.236 e. The molecule has 9 nitrogen and oxygen atoms in total. The number of carbonyl (C=O) groups is 2. The van der Waals surface area contributed by atoms with Crippen molar-refractivity contribution in [1.82, 2.24) is 16.0 Å². The van der Waals surface area contributed by atoms with Gasteiger partial charge in [0, 0.05) is 6.92 Å². The lowest BCUT2D eigenvalue weighted by atomic mass is 9.96. The molecule has 0 unspecified atom stereocenters. The minimum Gasteiger partial charge on any atom is -0.394 e. The first kappa shape index (κ1) is 21.3. The Morgan fingerprint density at radius 1 is 1.11 bits per heavy atom. The molecule has 6 N–H and O–H groups in total. The van der Waals surface area contributed by atoms with Crippen LogP contribution in [-0.2, 0) is 20.7 Å². The average Bonchev–Trinajstić information content (AvgIpc) is 2.65. The van der Waals surface area contributed by atoms with E-state index in [0.717, 1.165) is 12.0 Å². The molecule has 150 valence electrons. The first-order valence-electron chi connectivity index (χ1n) is 8.86. The van der Waals surface area contributed by atoms with E-state index in [1.807, 2.05) is 30.3 Å². The highest BCUT2D eigenvalue weighted by Crippen LogP contribution is 2.19. The predicted octanol–water partition coefficient (Wildman–Crippen LogP) is -2.12. The third-order valence-corrected chi connectivity index (χ3v) is 4.32. The first-order valence-corrected chi connectivity index (χ1v) is 8.86. The predicted molar refractivity (Wildman–Crippen MR) is 96.5 cm³/mol. The summed E-state index contributed by atoms with van der Waals surface area (Å²) in [4.78, 5) is 23.5. The number of amides is 2. The Morgan fingerprint density at radius 3 is 2.44 bits per heavy atom. The highest BCUT2D eigenvalue weighted by Gasteiger charge is 2.45. The zero-order valence-electron chi connectivity index (χ0n) is 15.2. The molecule has 2 rings (SSSR count). The van der Waals surface area contributed by atoms with Crippen LogP contribution < -0.4 is 16.0 Å². The molecule has 1 aliphatic rings. The second kappa shape index (κ2) is 10.3. The number of hydrogen-bond donors (Lipinski definition) is 6. The van der Waals surface area contributed by atoms with Crippen LogP contribution in [0.5, 0.6) is 0 Å². The van der Waals surface area contributed by atoms with Crippen LogP contribution in [0.25, 0.3) is 0 Å². The SMILES string of the molecule is CC(=O)N[C@@H]1[C@@H](O)[C@H](O)[C@@H](CO)O[C@H]1NC(=O)CNCCc1ccccc1. The van der Waals surface area contributed by atoms with Crippen molar-refractivity contribution in [3.8, 4) is 0 Å². The van der Waals surface area contributed by atoms with E-state index in [9.17, 15) is 24.9 Å². The average molecular weight is 381 g/mol. The van der Waals surface area contributed by atoms with Crippen LogP contribution in [-0.4, -0.2) is 77.4 Å². The van der Waals surface area contributed by atoms with Gasteiger partial charge in [-0.2, -0.15) is 0 Å². The van der Waals surface area contributed by atoms with Crippen LogP contribution in [0.2, 0.25) is 0 Å². The molecule has 1 saturated heterocycles. The Kier molecular flexibility index (Phi) is 8.14. The van der Waals surface area contributed by atoms with Gasteiger partial charge in [0.15, 0.2) is 6.23 Å². The number of carbonyl (C=O) groups excluding carboxylic acids is 2. The molecular formula is C18H27N3O6. The van der Waals surface area contributed by atoms with Crippen molar-refractivity contribution in [3.63, 3.8) is 0 Å². The molecular weight excluding hydrogens is 354 g/mol. The molecule has 1 heterocycles. The van der Waals surface area contributed by atoms with E-state index in [0.29, 0.717) is 6.54 Å². The number of hydrogen-bond acceptors (Lipinski definition) is 7. The molecule has 1 fully saturated rings. The van der Waals surface area contributed by atoms with Crippen molar-refractivity contribution >= 4 is 11.8 Å². The van der Waals surface area contributed by atoms with E-state index in [4.69, 9.17) is 4.74 Å². The molecule has 1 aromatic carbocycles. The maximum absolute atomic E-state index is 12.2. The van der Waals surface area contributed by atoms with Crippen molar-refractivity contribution in [3.05, 3.63) is 35.9 Å². The Labute approximate surface area is 157 Å². The van der Waals surface area contributed by atoms with Gasteiger partial charge in [0.1, 0.15) is 24.4 Å². The van der Waals surface area contributed by atoms with E-state index in [2.05, 4.69) is 16.0 Å². The van der Waals surface area contributed by atoms with Crippen LogP contribution in [0.3, 0.4) is 0 Å². The minimum absolute atomic E-state index is 0.0158. The largest absolute Gasteiger partial charge is 0.394 e. The van der Waals surface area contributed by atoms with Gasteiger partial charge in [0.05, 0.1) is 13.2 Å². The van der Waals surface area contributed by atoms with Crippen molar-refractivity contribution in [2.75, 3.05) is 19.7 Å². The first-order chi connectivity index (χ1) is 12.9. The van der Waals surface area contributed by atoms with Crippen LogP contribution in [0.15, 0.2) is 30.3 Å². The molecule has 0 bridgehead atoms. The standard InChI is InChI=1S/C18H27N3O6/c1-11(23)20-15-17(26)16(25)13(10-22)27-18(15)21-14(24)9-19-8-7-12-5-3-2-4-6-12/h2-6,13,15-19,22,25-26H,7-10H2,1H3,(H,20,23)(H,21,24)/t13-,15-,16-,17-,18-/m1/s1. The monoisotopic (exact) mass is 381 g/mol. The van der Waals surface area contributed by atoms with Gasteiger partial charge in [-0.3, -0.25) is 9.59 Å². The Hall–Kier alpha value is -2.04. The fraction of sp³-hybridized carbons (Fsp3) is 0.556. The number of aliphatic hydroxyl groups is 3. The molecule has 5 atom stereocenters. The van der Waals surface area contributed by atoms with E-state index in [1.165, 1.54) is 6.92 Å². The third kappa shape index (κ3) is 6.26. The number of benzene rings is 1. The summed E-state index contributed by atoms with van der Waals surface area (Å²) in [6.07, 6.45) is -4.16. The van der Waals surface area contributed by atoms with Gasteiger partial charge < -0.3 is 36.0 Å². The Morgan fingerprint density at radius 2 is 1.81 bits per heavy atom. The summed E-state index contributed by atoms with van der Waals surface area (Å²) in [6.45, 7) is 1.33. The van der Waals surface area contributed by atoms with Gasteiger partial charge in [0.2, 0.25) is 11.8 Å². The third-order valence-electron chi connectivity index (χ3n) is 4.32. The molecule has 2 amide bonds. The summed E-state index contributed by atoms with van der Waals surface area (Å²) < 4.78 is 5.44. The Balaban J connectivity index is 1.85. The summed E-state index contributed by atoms with van der Waals surface area (Å²) in [5.74, 6) is -0.846. The maximum atomic E-state index is 12.2. The van der Waals surface area contributed by atoms with Gasteiger partial charge in [-0.05, 0) is 18.5 Å². The molecule has 0 aromatic heterocycles. The number of nitrogens with one attached hydrogen (secondary N) is 3. The summed E-state index contributed by atoms with van der Waals surface area (Å²) in [6, 6.07) is 8.79. The fourth-order valence-electron chi connectivity index (χ4n) is 2.92. The summed E-state index contributed by atoms with van der Waals surface area (Å²) in [7, 11) is 0. The van der Waals surface area contributed by atoms with E-state index in [-0.39, 0.29) is 6.54 Å². The summed E-state index contributed by atoms with van der Waals surface area (Å²) >= 11 is 0. The zero-order valence-corrected chi connectivity index (χ0v) is 15.2. The second-order valence-corrected chi connectivity index (χ2v) is 6.47. The molecule has 9 heteroatoms. The van der Waals surface area contributed by atoms with Gasteiger partial charge in [-0.15, -0.1) is 0 Å². The molecule has 0 spiro atoms. The van der Waals surface area contributed by atoms with Crippen molar-refractivity contribution in [1.29, 1.82) is 0 Å². The smallest absolute Gasteiger partial charge is 0.236 e. The number of ether oxygens (including phenoxy) is 1. The molecule has 1 aromatic rings. The van der Waals surface area contributed by atoms with E-state index >= 15 is 0 Å². The number of rotatable bonds is 8. The normalized spacial score (nSPS) is 27.8. The summed E-state index contributed by atoms with van der Waals surface area (Å²) in [5, 5.41) is 37.4. The van der Waals surface area contributed by atoms with E-state index in [1.54, 1.807) is 0 Å². The van der Waals surface area contributed by atoms with Gasteiger partial charge >= 0.3 is 0 Å². The minimum atomic E-state index is -1.39. The lowest BCUT2D eigenvalue weighted by Crippen LogP contribution is -2.68. The van der Waals surface area contributed by atoms with Crippen molar-refractivity contribution in [2.24, 2.45) is 0 Å². The lowest BCUT2D eigenvalue weighted by molar-refractivity contribution is -0.203. The molecule has 0 radical (unpaired) electrons. The van der Waals surface area contributed by atoms with Gasteiger partial charge in [-0.1, -0.05) is 30.3 Å². The highest BCUT2D eigenvalue weighted by molar-refractivity contribution is 5.78. The Bertz CT molecular complexity index is 614. The topological polar surface area (TPSA) is 140 Å². The van der Waals surface area contributed by atoms with Gasteiger partial charge in [0.25, 0.3) is 0 Å². The summed E-state index contributed by atoms with van der Waals surface area (Å²) in [5.41, 5.74) is 1.15. The fourth-order valence-corrected chi connectivity index (χ4v) is 2.92. The second-order valence-electron chi connectivity index (χ2n) is 6.47. The van der Waals surface area contributed by atoms with Crippen LogP contribution in [0.1, 0.15) is 12.5 Å². The number of aliphatic hydroxyl groups excluding tert-OH is 3. The van der Waals surface area contributed by atoms with Crippen molar-refractivity contribution < 1.29 is 29.6 Å².